The second kappa shape index (κ2) is 12.1. The zero-order chi connectivity index (χ0) is 29.1. The van der Waals surface area contributed by atoms with Gasteiger partial charge in [0, 0.05) is 6.54 Å². The largest absolute Gasteiger partial charge is 0.481 e. The Morgan fingerprint density at radius 2 is 1.85 bits per heavy atom. The summed E-state index contributed by atoms with van der Waals surface area (Å²) >= 11 is 6.09. The summed E-state index contributed by atoms with van der Waals surface area (Å²) in [5.74, 6) is -3.76. The lowest BCUT2D eigenvalue weighted by Gasteiger charge is -2.34. The van der Waals surface area contributed by atoms with Gasteiger partial charge in [-0.05, 0) is 63.6 Å². The number of ketones is 1. The number of benzene rings is 1. The van der Waals surface area contributed by atoms with Crippen LogP contribution in [0.5, 0.6) is 0 Å². The van der Waals surface area contributed by atoms with E-state index in [0.717, 1.165) is 28.3 Å². The Bertz CT molecular complexity index is 1210. The van der Waals surface area contributed by atoms with Crippen molar-refractivity contribution in [3.05, 3.63) is 51.6 Å². The third-order valence-electron chi connectivity index (χ3n) is 7.33. The van der Waals surface area contributed by atoms with Gasteiger partial charge in [0.1, 0.15) is 5.82 Å². The van der Waals surface area contributed by atoms with Gasteiger partial charge in [-0.2, -0.15) is 18.3 Å². The first kappa shape index (κ1) is 30.6. The minimum Gasteiger partial charge on any atom is -0.481 e. The van der Waals surface area contributed by atoms with Crippen molar-refractivity contribution >= 4 is 29.3 Å². The SMILES string of the molecule is CCCCCN(CC(=O)c1c(F)cc(C)cc1Cl)C(=O)c1cnn([C@H]2CC[C@](C)(C(=O)O)CC2)c1C(F)(F)F. The standard InChI is InChI=1S/C27H32ClF4N3O4/c1-4-5-6-11-34(15-21(36)22-19(28)12-16(2)13-20(22)29)24(37)18-14-33-35(23(18)27(30,31)32)17-7-9-26(3,10-8-17)25(38)39/h12-14,17H,4-11,15H2,1-3H3,(H,38,39)/t17-,26-. The van der Waals surface area contributed by atoms with Gasteiger partial charge in [-0.3, -0.25) is 19.1 Å². The van der Waals surface area contributed by atoms with Crippen molar-refractivity contribution in [2.75, 3.05) is 13.1 Å². The van der Waals surface area contributed by atoms with Gasteiger partial charge in [0.2, 0.25) is 0 Å². The number of unbranched alkanes of at least 4 members (excludes halogenated alkanes) is 2. The van der Waals surface area contributed by atoms with E-state index in [-0.39, 0.29) is 37.3 Å². The van der Waals surface area contributed by atoms with Crippen LogP contribution in [-0.4, -0.2) is 50.5 Å². The first-order valence-corrected chi connectivity index (χ1v) is 13.2. The average molecular weight is 574 g/mol. The molecule has 1 saturated carbocycles. The number of aliphatic carboxylic acids is 1. The molecule has 2 aromatic rings. The molecule has 1 aliphatic rings. The molecule has 0 aliphatic heterocycles. The molecule has 1 aliphatic carbocycles. The highest BCUT2D eigenvalue weighted by Crippen LogP contribution is 2.43. The van der Waals surface area contributed by atoms with Crippen molar-refractivity contribution in [2.45, 2.75) is 77.9 Å². The molecule has 0 saturated heterocycles. The van der Waals surface area contributed by atoms with Crippen LogP contribution in [0.3, 0.4) is 0 Å². The number of carbonyl (C=O) groups is 3. The van der Waals surface area contributed by atoms with Crippen LogP contribution in [0.1, 0.15) is 96.8 Å². The molecule has 1 aromatic heterocycles. The molecule has 0 unspecified atom stereocenters. The molecule has 0 radical (unpaired) electrons. The van der Waals surface area contributed by atoms with Crippen LogP contribution in [0, 0.1) is 18.2 Å². The average Bonchev–Trinajstić information content (AvgIpc) is 3.29. The number of carboxylic acid groups (broad SMARTS) is 1. The molecule has 214 valence electrons. The van der Waals surface area contributed by atoms with E-state index in [0.29, 0.717) is 18.4 Å². The maximum Gasteiger partial charge on any atom is 0.433 e. The highest BCUT2D eigenvalue weighted by molar-refractivity contribution is 6.34. The van der Waals surface area contributed by atoms with Crippen molar-refractivity contribution in [1.82, 2.24) is 14.7 Å². The summed E-state index contributed by atoms with van der Waals surface area (Å²) in [7, 11) is 0. The lowest BCUT2D eigenvalue weighted by atomic mass is 9.74. The third kappa shape index (κ3) is 6.80. The van der Waals surface area contributed by atoms with Crippen LogP contribution in [-0.2, 0) is 11.0 Å². The summed E-state index contributed by atoms with van der Waals surface area (Å²) in [6, 6.07) is 1.77. The fraction of sp³-hybridized carbons (Fsp3) is 0.556. The Kier molecular flexibility index (Phi) is 9.46. The van der Waals surface area contributed by atoms with Gasteiger partial charge in [-0.25, -0.2) is 4.39 Å². The van der Waals surface area contributed by atoms with E-state index in [1.807, 2.05) is 6.92 Å². The zero-order valence-electron chi connectivity index (χ0n) is 22.1. The number of hydrogen-bond donors (Lipinski definition) is 1. The number of rotatable bonds is 10. The summed E-state index contributed by atoms with van der Waals surface area (Å²) in [6.45, 7) is 4.37. The number of hydrogen-bond acceptors (Lipinski definition) is 4. The molecular formula is C27H32ClF4N3O4. The first-order valence-electron chi connectivity index (χ1n) is 12.9. The molecule has 12 heteroatoms. The maximum absolute atomic E-state index is 14.6. The summed E-state index contributed by atoms with van der Waals surface area (Å²) < 4.78 is 58.3. The second-order valence-corrected chi connectivity index (χ2v) is 10.8. The highest BCUT2D eigenvalue weighted by atomic mass is 35.5. The number of carbonyl (C=O) groups excluding carboxylic acids is 2. The van der Waals surface area contributed by atoms with Crippen LogP contribution in [0.15, 0.2) is 18.3 Å². The molecule has 3 rings (SSSR count). The number of aromatic nitrogens is 2. The number of aryl methyl sites for hydroxylation is 1. The van der Waals surface area contributed by atoms with Crippen molar-refractivity contribution in [1.29, 1.82) is 0 Å². The normalized spacial score (nSPS) is 19.6. The van der Waals surface area contributed by atoms with E-state index in [2.05, 4.69) is 5.10 Å². The molecule has 0 bridgehead atoms. The Morgan fingerprint density at radius 3 is 2.38 bits per heavy atom. The number of alkyl halides is 3. The molecule has 1 amide bonds. The Morgan fingerprint density at radius 1 is 1.21 bits per heavy atom. The van der Waals surface area contributed by atoms with Crippen molar-refractivity contribution in [3.63, 3.8) is 0 Å². The van der Waals surface area contributed by atoms with Gasteiger partial charge < -0.3 is 10.0 Å². The number of halogens is 5. The van der Waals surface area contributed by atoms with Crippen molar-refractivity contribution in [3.8, 4) is 0 Å². The maximum atomic E-state index is 14.6. The Labute approximate surface area is 229 Å². The number of nitrogens with zero attached hydrogens (tertiary/aromatic N) is 3. The Hall–Kier alpha value is -2.95. The molecule has 1 N–H and O–H groups in total. The van der Waals surface area contributed by atoms with E-state index in [1.165, 1.54) is 6.07 Å². The molecular weight excluding hydrogens is 542 g/mol. The minimum atomic E-state index is -4.94. The van der Waals surface area contributed by atoms with Crippen LogP contribution >= 0.6 is 11.6 Å². The minimum absolute atomic E-state index is 0.0214. The summed E-state index contributed by atoms with van der Waals surface area (Å²) in [6.07, 6.45) is -1.65. The fourth-order valence-corrected chi connectivity index (χ4v) is 5.34. The van der Waals surface area contributed by atoms with Crippen LogP contribution in [0.25, 0.3) is 0 Å². The fourth-order valence-electron chi connectivity index (χ4n) is 4.97. The van der Waals surface area contributed by atoms with Gasteiger partial charge in [0.05, 0.1) is 40.3 Å². The number of amides is 1. The quantitative estimate of drug-likeness (QED) is 0.193. The lowest BCUT2D eigenvalue weighted by molar-refractivity contribution is -0.152. The van der Waals surface area contributed by atoms with E-state index in [4.69, 9.17) is 11.6 Å². The second-order valence-electron chi connectivity index (χ2n) is 10.4. The van der Waals surface area contributed by atoms with E-state index < -0.39 is 64.5 Å². The monoisotopic (exact) mass is 573 g/mol. The molecule has 39 heavy (non-hydrogen) atoms. The van der Waals surface area contributed by atoms with Gasteiger partial charge in [-0.15, -0.1) is 0 Å². The summed E-state index contributed by atoms with van der Waals surface area (Å²) in [4.78, 5) is 39.1. The van der Waals surface area contributed by atoms with Crippen molar-refractivity contribution < 1.29 is 37.1 Å². The van der Waals surface area contributed by atoms with Gasteiger partial charge in [0.15, 0.2) is 11.5 Å². The van der Waals surface area contributed by atoms with E-state index >= 15 is 0 Å². The topological polar surface area (TPSA) is 92.5 Å². The smallest absolute Gasteiger partial charge is 0.433 e. The van der Waals surface area contributed by atoms with E-state index in [9.17, 15) is 37.1 Å². The molecule has 7 nitrogen and oxygen atoms in total. The van der Waals surface area contributed by atoms with Crippen molar-refractivity contribution in [2.24, 2.45) is 5.41 Å². The lowest BCUT2D eigenvalue weighted by Crippen LogP contribution is -2.38. The summed E-state index contributed by atoms with van der Waals surface area (Å²) in [5, 5.41) is 13.2. The molecule has 0 atom stereocenters. The van der Waals surface area contributed by atoms with Crippen LogP contribution in [0.2, 0.25) is 5.02 Å². The molecule has 1 heterocycles. The highest BCUT2D eigenvalue weighted by Gasteiger charge is 2.45. The molecule has 0 spiro atoms. The number of Topliss-reactive ketones (excluding diaryl/α,β-unsaturated/α-hetero) is 1. The van der Waals surface area contributed by atoms with Gasteiger partial charge >= 0.3 is 12.1 Å². The van der Waals surface area contributed by atoms with Gasteiger partial charge in [0.25, 0.3) is 5.91 Å². The first-order chi connectivity index (χ1) is 18.2. The predicted octanol–water partition coefficient (Wildman–Crippen LogP) is 6.72. The summed E-state index contributed by atoms with van der Waals surface area (Å²) in [5.41, 5.74) is -2.94. The predicted molar refractivity (Wildman–Crippen MR) is 136 cm³/mol. The number of carboxylic acids is 1. The molecule has 1 aromatic carbocycles. The Balaban J connectivity index is 1.95. The van der Waals surface area contributed by atoms with Crippen LogP contribution in [0.4, 0.5) is 17.6 Å². The molecule has 1 fully saturated rings. The van der Waals surface area contributed by atoms with Crippen LogP contribution < -0.4 is 0 Å². The van der Waals surface area contributed by atoms with E-state index in [1.54, 1.807) is 13.8 Å². The van der Waals surface area contributed by atoms with Gasteiger partial charge in [-0.1, -0.05) is 31.4 Å². The third-order valence-corrected chi connectivity index (χ3v) is 7.63. The zero-order valence-corrected chi connectivity index (χ0v) is 22.8.